The molecular weight excluding hydrogens is 198 g/mol. The van der Waals surface area contributed by atoms with Gasteiger partial charge in [0.15, 0.2) is 0 Å². The maximum Gasteiger partial charge on any atom is 0.148 e. The van der Waals surface area contributed by atoms with Gasteiger partial charge in [-0.15, -0.1) is 5.10 Å². The molecule has 0 spiro atoms. The molecule has 0 bridgehead atoms. The smallest absolute Gasteiger partial charge is 0.148 e. The summed E-state index contributed by atoms with van der Waals surface area (Å²) in [6.45, 7) is 3.36. The Hall–Kier alpha value is -1.12. The van der Waals surface area contributed by atoms with Crippen molar-refractivity contribution in [1.82, 2.24) is 10.2 Å². The third-order valence-electron chi connectivity index (χ3n) is 3.69. The van der Waals surface area contributed by atoms with Crippen LogP contribution >= 0.6 is 0 Å². The molecule has 0 atom stereocenters. The lowest BCUT2D eigenvalue weighted by molar-refractivity contribution is 0.278. The van der Waals surface area contributed by atoms with Crippen molar-refractivity contribution in [2.45, 2.75) is 39.0 Å². The van der Waals surface area contributed by atoms with E-state index in [0.717, 1.165) is 24.2 Å². The third kappa shape index (κ3) is 3.19. The molecule has 0 aromatic carbocycles. The zero-order chi connectivity index (χ0) is 11.2. The first kappa shape index (κ1) is 11.4. The minimum atomic E-state index is 0.824. The molecule has 2 rings (SSSR count). The molecule has 1 aromatic rings. The first-order valence-corrected chi connectivity index (χ1v) is 6.40. The van der Waals surface area contributed by atoms with Crippen molar-refractivity contribution in [3.8, 4) is 0 Å². The predicted octanol–water partition coefficient (Wildman–Crippen LogP) is 3.10. The zero-order valence-electron chi connectivity index (χ0n) is 10.0. The summed E-state index contributed by atoms with van der Waals surface area (Å²) in [4.78, 5) is 0. The van der Waals surface area contributed by atoms with E-state index in [4.69, 9.17) is 0 Å². The number of rotatable bonds is 4. The van der Waals surface area contributed by atoms with Crippen molar-refractivity contribution >= 4 is 5.82 Å². The minimum absolute atomic E-state index is 0.824. The Balaban J connectivity index is 1.72. The summed E-state index contributed by atoms with van der Waals surface area (Å²) in [5, 5.41) is 11.3. The van der Waals surface area contributed by atoms with E-state index in [2.05, 4.69) is 22.4 Å². The van der Waals surface area contributed by atoms with Crippen LogP contribution in [0.4, 0.5) is 5.82 Å². The van der Waals surface area contributed by atoms with E-state index in [0.29, 0.717) is 0 Å². The molecule has 3 heteroatoms. The van der Waals surface area contributed by atoms with Gasteiger partial charge in [0.1, 0.15) is 5.82 Å². The van der Waals surface area contributed by atoms with E-state index in [-0.39, 0.29) is 0 Å². The van der Waals surface area contributed by atoms with Gasteiger partial charge in [0, 0.05) is 12.7 Å². The van der Waals surface area contributed by atoms with Crippen molar-refractivity contribution in [2.24, 2.45) is 11.8 Å². The maximum absolute atomic E-state index is 4.03. The summed E-state index contributed by atoms with van der Waals surface area (Å²) < 4.78 is 0. The lowest BCUT2D eigenvalue weighted by Crippen LogP contribution is -2.21. The van der Waals surface area contributed by atoms with Gasteiger partial charge in [-0.3, -0.25) is 0 Å². The van der Waals surface area contributed by atoms with Gasteiger partial charge in [-0.1, -0.05) is 26.2 Å². The summed E-state index contributed by atoms with van der Waals surface area (Å²) in [6.07, 6.45) is 8.60. The van der Waals surface area contributed by atoms with Gasteiger partial charge < -0.3 is 5.32 Å². The van der Waals surface area contributed by atoms with Crippen LogP contribution in [0.2, 0.25) is 0 Å². The summed E-state index contributed by atoms with van der Waals surface area (Å²) in [5.74, 6) is 2.71. The molecule has 1 saturated carbocycles. The van der Waals surface area contributed by atoms with Crippen LogP contribution in [0.15, 0.2) is 18.3 Å². The van der Waals surface area contributed by atoms with Gasteiger partial charge in [0.05, 0.1) is 0 Å². The van der Waals surface area contributed by atoms with E-state index in [1.54, 1.807) is 6.20 Å². The number of hydrogen-bond acceptors (Lipinski definition) is 3. The second-order valence-corrected chi connectivity index (χ2v) is 4.78. The Morgan fingerprint density at radius 1 is 1.25 bits per heavy atom. The van der Waals surface area contributed by atoms with Crippen LogP contribution < -0.4 is 5.32 Å². The van der Waals surface area contributed by atoms with Crippen LogP contribution in [-0.4, -0.2) is 16.7 Å². The molecule has 0 aliphatic heterocycles. The highest BCUT2D eigenvalue weighted by molar-refractivity contribution is 5.31. The van der Waals surface area contributed by atoms with Gasteiger partial charge >= 0.3 is 0 Å². The molecule has 16 heavy (non-hydrogen) atoms. The van der Waals surface area contributed by atoms with Crippen molar-refractivity contribution in [3.05, 3.63) is 18.3 Å². The average Bonchev–Trinajstić information content (AvgIpc) is 2.38. The molecule has 1 heterocycles. The Morgan fingerprint density at radius 2 is 2.00 bits per heavy atom. The number of anilines is 1. The molecule has 0 unspecified atom stereocenters. The third-order valence-corrected chi connectivity index (χ3v) is 3.69. The van der Waals surface area contributed by atoms with Crippen molar-refractivity contribution in [2.75, 3.05) is 11.9 Å². The maximum atomic E-state index is 4.03. The summed E-state index contributed by atoms with van der Waals surface area (Å²) in [7, 11) is 0. The predicted molar refractivity (Wildman–Crippen MR) is 66.3 cm³/mol. The van der Waals surface area contributed by atoms with E-state index in [9.17, 15) is 0 Å². The van der Waals surface area contributed by atoms with E-state index in [1.165, 1.54) is 32.1 Å². The Kier molecular flexibility index (Phi) is 4.14. The van der Waals surface area contributed by atoms with Gasteiger partial charge in [0.25, 0.3) is 0 Å². The lowest BCUT2D eigenvalue weighted by Gasteiger charge is -2.27. The molecule has 1 N–H and O–H groups in total. The van der Waals surface area contributed by atoms with Crippen molar-refractivity contribution in [1.29, 1.82) is 0 Å². The van der Waals surface area contributed by atoms with Gasteiger partial charge in [-0.05, 0) is 36.8 Å². The largest absolute Gasteiger partial charge is 0.368 e. The molecule has 1 aliphatic carbocycles. The van der Waals surface area contributed by atoms with Crippen LogP contribution in [0.5, 0.6) is 0 Å². The van der Waals surface area contributed by atoms with E-state index in [1.807, 2.05) is 12.1 Å². The SMILES string of the molecule is CCC1CCC(CNc2cccnn2)CC1. The second kappa shape index (κ2) is 5.83. The number of nitrogens with one attached hydrogen (secondary N) is 1. The fourth-order valence-corrected chi connectivity index (χ4v) is 2.49. The van der Waals surface area contributed by atoms with Crippen LogP contribution in [0, 0.1) is 11.8 Å². The Morgan fingerprint density at radius 3 is 2.62 bits per heavy atom. The Bertz CT molecular complexity index is 291. The first-order valence-electron chi connectivity index (χ1n) is 6.40. The summed E-state index contributed by atoms with van der Waals surface area (Å²) >= 11 is 0. The van der Waals surface area contributed by atoms with Gasteiger partial charge in [-0.25, -0.2) is 0 Å². The minimum Gasteiger partial charge on any atom is -0.368 e. The normalized spacial score (nSPS) is 25.3. The molecule has 1 fully saturated rings. The topological polar surface area (TPSA) is 37.8 Å². The first-order chi connectivity index (χ1) is 7.88. The molecule has 0 amide bonds. The van der Waals surface area contributed by atoms with E-state index >= 15 is 0 Å². The number of aromatic nitrogens is 2. The number of nitrogens with zero attached hydrogens (tertiary/aromatic N) is 2. The van der Waals surface area contributed by atoms with Crippen molar-refractivity contribution in [3.63, 3.8) is 0 Å². The molecular formula is C13H21N3. The standard InChI is InChI=1S/C13H21N3/c1-2-11-5-7-12(8-6-11)10-14-13-4-3-9-15-16-13/h3-4,9,11-12H,2,5-8,10H2,1H3,(H,14,16). The van der Waals surface area contributed by atoms with Crippen LogP contribution in [0.3, 0.4) is 0 Å². The lowest BCUT2D eigenvalue weighted by atomic mass is 9.81. The molecule has 0 radical (unpaired) electrons. The van der Waals surface area contributed by atoms with Crippen LogP contribution in [0.1, 0.15) is 39.0 Å². The monoisotopic (exact) mass is 219 g/mol. The summed E-state index contributed by atoms with van der Waals surface area (Å²) in [5.41, 5.74) is 0. The Labute approximate surface area is 97.7 Å². The summed E-state index contributed by atoms with van der Waals surface area (Å²) in [6, 6.07) is 3.90. The molecule has 0 saturated heterocycles. The highest BCUT2D eigenvalue weighted by Gasteiger charge is 2.19. The molecule has 1 aromatic heterocycles. The quantitative estimate of drug-likeness (QED) is 0.845. The fraction of sp³-hybridized carbons (Fsp3) is 0.692. The molecule has 1 aliphatic rings. The second-order valence-electron chi connectivity index (χ2n) is 4.78. The highest BCUT2D eigenvalue weighted by atomic mass is 15.2. The van der Waals surface area contributed by atoms with Gasteiger partial charge in [0.2, 0.25) is 0 Å². The van der Waals surface area contributed by atoms with Crippen LogP contribution in [0.25, 0.3) is 0 Å². The zero-order valence-corrected chi connectivity index (χ0v) is 10.0. The van der Waals surface area contributed by atoms with Gasteiger partial charge in [-0.2, -0.15) is 5.10 Å². The molecule has 88 valence electrons. The van der Waals surface area contributed by atoms with Crippen molar-refractivity contribution < 1.29 is 0 Å². The highest BCUT2D eigenvalue weighted by Crippen LogP contribution is 2.30. The number of hydrogen-bond donors (Lipinski definition) is 1. The fourth-order valence-electron chi connectivity index (χ4n) is 2.49. The molecule has 3 nitrogen and oxygen atoms in total. The average molecular weight is 219 g/mol. The van der Waals surface area contributed by atoms with Crippen LogP contribution in [-0.2, 0) is 0 Å². The van der Waals surface area contributed by atoms with E-state index < -0.39 is 0 Å².